The van der Waals surface area contributed by atoms with E-state index in [-0.39, 0.29) is 47.8 Å². The van der Waals surface area contributed by atoms with E-state index in [2.05, 4.69) is 41.7 Å². The van der Waals surface area contributed by atoms with Crippen LogP contribution in [0.1, 0.15) is 131 Å². The summed E-state index contributed by atoms with van der Waals surface area (Å²) in [4.78, 5) is 70.7. The maximum atomic E-state index is 14.9. The molecule has 4 aliphatic rings. The molecule has 3 saturated carbocycles. The van der Waals surface area contributed by atoms with Gasteiger partial charge in [-0.1, -0.05) is 71.8 Å². The van der Waals surface area contributed by atoms with E-state index in [1.807, 2.05) is 6.92 Å². The van der Waals surface area contributed by atoms with Crippen molar-refractivity contribution in [1.82, 2.24) is 26.2 Å². The first-order valence-electron chi connectivity index (χ1n) is 19.7. The molecular weight excluding hydrogens is 683 g/mol. The second kappa shape index (κ2) is 17.0. The zero-order valence-corrected chi connectivity index (χ0v) is 33.3. The molecule has 12 nitrogen and oxygen atoms in total. The van der Waals surface area contributed by atoms with Gasteiger partial charge in [0.2, 0.25) is 17.6 Å². The molecule has 0 aromatic rings. The number of urea groups is 1. The highest BCUT2D eigenvalue weighted by molar-refractivity contribution is 7.92. The number of carbonyl (C=O) groups is 5. The van der Waals surface area contributed by atoms with Crippen molar-refractivity contribution in [3.05, 3.63) is 12.7 Å². The fourth-order valence-corrected chi connectivity index (χ4v) is 10.7. The van der Waals surface area contributed by atoms with E-state index >= 15 is 0 Å². The third-order valence-corrected chi connectivity index (χ3v) is 15.2. The minimum absolute atomic E-state index is 0.0392. The van der Waals surface area contributed by atoms with Gasteiger partial charge in [0.25, 0.3) is 5.91 Å². The van der Waals surface area contributed by atoms with Gasteiger partial charge in [-0.3, -0.25) is 19.2 Å². The summed E-state index contributed by atoms with van der Waals surface area (Å²) >= 11 is 0. The van der Waals surface area contributed by atoms with Gasteiger partial charge < -0.3 is 26.2 Å². The lowest BCUT2D eigenvalue weighted by Crippen LogP contribution is -2.63. The molecule has 1 aliphatic heterocycles. The largest absolute Gasteiger partial charge is 0.346 e. The van der Waals surface area contributed by atoms with Crippen molar-refractivity contribution < 1.29 is 32.4 Å². The molecule has 1 saturated heterocycles. The van der Waals surface area contributed by atoms with Crippen LogP contribution in [0.2, 0.25) is 0 Å². The zero-order chi connectivity index (χ0) is 38.5. The van der Waals surface area contributed by atoms with Crippen molar-refractivity contribution in [3.63, 3.8) is 0 Å². The van der Waals surface area contributed by atoms with Crippen LogP contribution in [0.15, 0.2) is 12.7 Å². The molecule has 52 heavy (non-hydrogen) atoms. The molecule has 0 aromatic heterocycles. The van der Waals surface area contributed by atoms with E-state index in [1.165, 1.54) is 6.08 Å². The fourth-order valence-electron chi connectivity index (χ4n) is 9.17. The van der Waals surface area contributed by atoms with Crippen LogP contribution in [0.4, 0.5) is 4.79 Å². The van der Waals surface area contributed by atoms with Crippen LogP contribution in [0.3, 0.4) is 0 Å². The summed E-state index contributed by atoms with van der Waals surface area (Å²) < 4.78 is 25.9. The monoisotopic (exact) mass is 747 g/mol. The second-order valence-electron chi connectivity index (χ2n) is 17.6. The minimum atomic E-state index is -3.56. The number of nitrogens with one attached hydrogen (secondary N) is 4. The van der Waals surface area contributed by atoms with Crippen molar-refractivity contribution in [1.29, 1.82) is 0 Å². The molecule has 13 heteroatoms. The number of sulfone groups is 1. The highest BCUT2D eigenvalue weighted by atomic mass is 32.2. The third kappa shape index (κ3) is 9.58. The summed E-state index contributed by atoms with van der Waals surface area (Å²) in [5, 5.41) is 11.5. The maximum absolute atomic E-state index is 14.9. The van der Waals surface area contributed by atoms with Gasteiger partial charge in [-0.25, -0.2) is 13.2 Å². The molecular formula is C39H65N5O7S. The zero-order valence-electron chi connectivity index (χ0n) is 32.5. The minimum Gasteiger partial charge on any atom is -0.346 e. The van der Waals surface area contributed by atoms with Crippen molar-refractivity contribution in [3.8, 4) is 0 Å². The average molecular weight is 748 g/mol. The molecule has 4 N–H and O–H groups in total. The summed E-state index contributed by atoms with van der Waals surface area (Å²) in [5.74, 6) is -2.73. The lowest BCUT2D eigenvalue weighted by Gasteiger charge is -2.41. The summed E-state index contributed by atoms with van der Waals surface area (Å²) in [6.45, 7) is 15.3. The first-order chi connectivity index (χ1) is 24.4. The highest BCUT2D eigenvalue weighted by Crippen LogP contribution is 2.53. The molecule has 4 fully saturated rings. The molecule has 5 atom stereocenters. The molecule has 0 spiro atoms. The Bertz CT molecular complexity index is 1440. The number of carbonyl (C=O) groups excluding carboxylic acids is 5. The Labute approximate surface area is 311 Å². The fraction of sp³-hybridized carbons (Fsp3) is 0.821. The smallest absolute Gasteiger partial charge is 0.315 e. The van der Waals surface area contributed by atoms with Gasteiger partial charge in [0, 0.05) is 13.1 Å². The summed E-state index contributed by atoms with van der Waals surface area (Å²) in [6.07, 6.45) is 11.9. The second-order valence-corrected chi connectivity index (χ2v) is 20.4. The van der Waals surface area contributed by atoms with Crippen LogP contribution in [0.5, 0.6) is 0 Å². The number of amides is 5. The summed E-state index contributed by atoms with van der Waals surface area (Å²) in [6, 6.07) is -3.37. The van der Waals surface area contributed by atoms with E-state index in [4.69, 9.17) is 0 Å². The number of rotatable bonds is 14. The number of hydrogen-bond donors (Lipinski definition) is 4. The van der Waals surface area contributed by atoms with Crippen molar-refractivity contribution in [2.45, 2.75) is 160 Å². The van der Waals surface area contributed by atoms with Crippen molar-refractivity contribution >= 4 is 39.4 Å². The van der Waals surface area contributed by atoms with Crippen LogP contribution in [-0.4, -0.2) is 90.1 Å². The van der Waals surface area contributed by atoms with E-state index < -0.39 is 61.9 Å². The standard InChI is InChI=1S/C39H65N5O7S/c1-8-16-29(32(45)34(47)40-23-9-2)41-33(46)31-27-19-22-38(6,7)28(27)24-44(31)35(48)30(26-17-12-10-13-18-26)42-36(49)43-39(20-14-11-15-21-39)25-52(50,51)37(3,4)5/h9,26-31H,2,8,10-25H2,1,3-7H3,(H,40,47)(H,41,46)(H2,42,43,49)/t27-,28-,29?,30-,31-/m0/s1. The van der Waals surface area contributed by atoms with Crippen molar-refractivity contribution in [2.75, 3.05) is 18.8 Å². The molecule has 1 heterocycles. The van der Waals surface area contributed by atoms with E-state index in [1.54, 1.807) is 25.7 Å². The topological polar surface area (TPSA) is 171 Å². The molecule has 0 bridgehead atoms. The van der Waals surface area contributed by atoms with Crippen LogP contribution in [-0.2, 0) is 29.0 Å². The number of nitrogens with zero attached hydrogens (tertiary/aromatic N) is 1. The molecule has 4 rings (SSSR count). The van der Waals surface area contributed by atoms with Crippen LogP contribution in [0.25, 0.3) is 0 Å². The summed E-state index contributed by atoms with van der Waals surface area (Å²) in [7, 11) is -3.56. The van der Waals surface area contributed by atoms with Crippen LogP contribution in [0, 0.1) is 23.2 Å². The lowest BCUT2D eigenvalue weighted by molar-refractivity contribution is -0.144. The van der Waals surface area contributed by atoms with Gasteiger partial charge in [-0.05, 0) is 88.9 Å². The average Bonchev–Trinajstić information content (AvgIpc) is 3.62. The van der Waals surface area contributed by atoms with Gasteiger partial charge in [0.05, 0.1) is 22.1 Å². The Hall–Kier alpha value is -2.96. The van der Waals surface area contributed by atoms with Gasteiger partial charge in [-0.2, -0.15) is 0 Å². The first kappa shape index (κ1) is 41.8. The quantitative estimate of drug-likeness (QED) is 0.149. The summed E-state index contributed by atoms with van der Waals surface area (Å²) in [5.41, 5.74) is -1.07. The van der Waals surface area contributed by atoms with Gasteiger partial charge >= 0.3 is 6.03 Å². The normalized spacial score (nSPS) is 25.7. The van der Waals surface area contributed by atoms with Gasteiger partial charge in [0.15, 0.2) is 9.84 Å². The SMILES string of the molecule is C=CCNC(=O)C(=O)C(CCC)NC(=O)[C@@H]1[C@H]2CCC(C)(C)[C@H]2CN1C(=O)[C@@H](NC(=O)NC1(CS(=O)(=O)C(C)(C)C)CCCCC1)C1CCCCC1. The van der Waals surface area contributed by atoms with Gasteiger partial charge in [0.1, 0.15) is 12.1 Å². The third-order valence-electron chi connectivity index (χ3n) is 12.4. The molecule has 3 aliphatic carbocycles. The Balaban J connectivity index is 1.63. The highest BCUT2D eigenvalue weighted by Gasteiger charge is 2.57. The molecule has 294 valence electrons. The first-order valence-corrected chi connectivity index (χ1v) is 21.4. The number of ketones is 1. The Morgan fingerprint density at radius 2 is 1.56 bits per heavy atom. The van der Waals surface area contributed by atoms with Gasteiger partial charge in [-0.15, -0.1) is 6.58 Å². The van der Waals surface area contributed by atoms with E-state index in [0.717, 1.165) is 64.2 Å². The molecule has 0 aromatic carbocycles. The van der Waals surface area contributed by atoms with Crippen LogP contribution < -0.4 is 21.3 Å². The number of fused-ring (bicyclic) bond motifs is 1. The lowest BCUT2D eigenvalue weighted by atomic mass is 9.79. The number of hydrogen-bond acceptors (Lipinski definition) is 7. The predicted octanol–water partition coefficient (Wildman–Crippen LogP) is 4.57. The Morgan fingerprint density at radius 1 is 0.923 bits per heavy atom. The van der Waals surface area contributed by atoms with Crippen molar-refractivity contribution in [2.24, 2.45) is 23.2 Å². The Morgan fingerprint density at radius 3 is 2.15 bits per heavy atom. The number of likely N-dealkylation sites (tertiary alicyclic amines) is 1. The molecule has 1 unspecified atom stereocenters. The Kier molecular flexibility index (Phi) is 13.7. The maximum Gasteiger partial charge on any atom is 0.315 e. The molecule has 5 amide bonds. The van der Waals surface area contributed by atoms with Crippen LogP contribution >= 0.6 is 0 Å². The predicted molar refractivity (Wildman–Crippen MR) is 202 cm³/mol. The molecule has 0 radical (unpaired) electrons. The van der Waals surface area contributed by atoms with E-state index in [0.29, 0.717) is 25.8 Å². The van der Waals surface area contributed by atoms with E-state index in [9.17, 15) is 32.4 Å². The number of Topliss-reactive ketones (excluding diaryl/α,β-unsaturated/α-hetero) is 1.